The van der Waals surface area contributed by atoms with Crippen molar-refractivity contribution in [3.05, 3.63) is 58.5 Å². The molecule has 0 saturated heterocycles. The first kappa shape index (κ1) is 20.6. The van der Waals surface area contributed by atoms with Gasteiger partial charge in [0.2, 0.25) is 0 Å². The Morgan fingerprint density at radius 1 is 1.10 bits per heavy atom. The molecular weight excluding hydrogens is 414 g/mol. The van der Waals surface area contributed by atoms with Gasteiger partial charge in [-0.15, -0.1) is 11.3 Å². The van der Waals surface area contributed by atoms with Crippen molar-refractivity contribution in [3.63, 3.8) is 0 Å². The van der Waals surface area contributed by atoms with Crippen LogP contribution in [0.15, 0.2) is 42.5 Å². The van der Waals surface area contributed by atoms with Crippen molar-refractivity contribution < 1.29 is 37.0 Å². The highest BCUT2D eigenvalue weighted by atomic mass is 32.1. The summed E-state index contributed by atoms with van der Waals surface area (Å²) < 4.78 is 55.9. The Bertz CT molecular complexity index is 1080. The molecule has 1 amide bonds. The Labute approximate surface area is 165 Å². The summed E-state index contributed by atoms with van der Waals surface area (Å²) in [6.45, 7) is -3.27. The molecule has 2 aromatic carbocycles. The molecule has 0 unspecified atom stereocenters. The van der Waals surface area contributed by atoms with E-state index in [1.165, 1.54) is 31.3 Å². The number of carboxylic acids is 1. The molecule has 0 aliphatic carbocycles. The third-order valence-electron chi connectivity index (χ3n) is 4.11. The van der Waals surface area contributed by atoms with Gasteiger partial charge < -0.3 is 14.7 Å². The Kier molecular flexibility index (Phi) is 5.73. The number of carbonyl (C=O) groups is 2. The van der Waals surface area contributed by atoms with Crippen LogP contribution in [-0.4, -0.2) is 30.6 Å². The van der Waals surface area contributed by atoms with E-state index in [2.05, 4.69) is 4.74 Å². The zero-order chi connectivity index (χ0) is 21.3. The van der Waals surface area contributed by atoms with Crippen molar-refractivity contribution in [3.8, 4) is 5.75 Å². The maximum Gasteiger partial charge on any atom is 0.387 e. The first-order valence-electron chi connectivity index (χ1n) is 8.10. The average molecular weight is 427 g/mol. The number of thiophene rings is 1. The molecule has 0 atom stereocenters. The van der Waals surface area contributed by atoms with Gasteiger partial charge in [0.15, 0.2) is 0 Å². The Morgan fingerprint density at radius 3 is 2.41 bits per heavy atom. The number of hydrogen-bond acceptors (Lipinski definition) is 4. The van der Waals surface area contributed by atoms with Crippen molar-refractivity contribution in [2.75, 3.05) is 11.9 Å². The van der Waals surface area contributed by atoms with Gasteiger partial charge in [-0.1, -0.05) is 12.1 Å². The minimum atomic E-state index is -3.27. The zero-order valence-electron chi connectivity index (χ0n) is 14.7. The SMILES string of the molecule is CN(C(=O)c1cc2cc(OC(F)F)c(C(F)F)cc2s1)c1ccccc1C(=O)O. The van der Waals surface area contributed by atoms with Crippen LogP contribution < -0.4 is 9.64 Å². The number of benzene rings is 2. The smallest absolute Gasteiger partial charge is 0.387 e. The van der Waals surface area contributed by atoms with Gasteiger partial charge in [0.1, 0.15) is 5.75 Å². The van der Waals surface area contributed by atoms with Gasteiger partial charge in [0, 0.05) is 11.7 Å². The molecule has 0 aliphatic rings. The zero-order valence-corrected chi connectivity index (χ0v) is 15.6. The lowest BCUT2D eigenvalue weighted by molar-refractivity contribution is -0.0518. The molecule has 0 spiro atoms. The second-order valence-corrected chi connectivity index (χ2v) is 6.99. The standard InChI is InChI=1S/C19H13F4NO4S/c1-24(12-5-3-2-4-10(12)18(26)27)17(25)15-7-9-6-13(28-19(22)23)11(16(20)21)8-14(9)29-15/h2-8,16,19H,1H3,(H,26,27). The van der Waals surface area contributed by atoms with Crippen molar-refractivity contribution in [2.45, 2.75) is 13.0 Å². The summed E-state index contributed by atoms with van der Waals surface area (Å²) in [6.07, 6.45) is -3.04. The molecule has 0 aliphatic heterocycles. The number of alkyl halides is 4. The highest BCUT2D eigenvalue weighted by Crippen LogP contribution is 2.38. The summed E-state index contributed by atoms with van der Waals surface area (Å²) >= 11 is 0.887. The number of ether oxygens (including phenoxy) is 1. The average Bonchev–Trinajstić information content (AvgIpc) is 3.08. The maximum atomic E-state index is 13.2. The molecule has 0 bridgehead atoms. The van der Waals surface area contributed by atoms with Crippen LogP contribution in [-0.2, 0) is 0 Å². The van der Waals surface area contributed by atoms with Gasteiger partial charge in [-0.05, 0) is 35.7 Å². The van der Waals surface area contributed by atoms with Crippen LogP contribution in [0.1, 0.15) is 32.0 Å². The molecule has 1 aromatic heterocycles. The van der Waals surface area contributed by atoms with E-state index in [1.54, 1.807) is 6.07 Å². The lowest BCUT2D eigenvalue weighted by Gasteiger charge is -2.18. The number of anilines is 1. The van der Waals surface area contributed by atoms with Crippen LogP contribution in [0, 0.1) is 0 Å². The largest absolute Gasteiger partial charge is 0.478 e. The third kappa shape index (κ3) is 4.16. The Balaban J connectivity index is 2.02. The molecule has 3 rings (SSSR count). The molecule has 3 aromatic rings. The van der Waals surface area contributed by atoms with Crippen LogP contribution in [0.5, 0.6) is 5.75 Å². The minimum Gasteiger partial charge on any atom is -0.478 e. The minimum absolute atomic E-state index is 0.0860. The van der Waals surface area contributed by atoms with Gasteiger partial charge in [-0.25, -0.2) is 13.6 Å². The molecular formula is C19H13F4NO4S. The number of halogens is 4. The number of rotatable bonds is 6. The predicted octanol–water partition coefficient (Wildman–Crippen LogP) is 5.42. The summed E-state index contributed by atoms with van der Waals surface area (Å²) in [5.74, 6) is -2.45. The second-order valence-electron chi connectivity index (χ2n) is 5.90. The molecule has 1 N–H and O–H groups in total. The van der Waals surface area contributed by atoms with Gasteiger partial charge in [-0.3, -0.25) is 4.79 Å². The monoisotopic (exact) mass is 427 g/mol. The van der Waals surface area contributed by atoms with Crippen molar-refractivity contribution in [1.82, 2.24) is 0 Å². The van der Waals surface area contributed by atoms with E-state index in [4.69, 9.17) is 0 Å². The van der Waals surface area contributed by atoms with E-state index in [0.29, 0.717) is 0 Å². The van der Waals surface area contributed by atoms with Crippen LogP contribution in [0.25, 0.3) is 10.1 Å². The number of hydrogen-bond donors (Lipinski definition) is 1. The van der Waals surface area contributed by atoms with Gasteiger partial charge in [-0.2, -0.15) is 8.78 Å². The summed E-state index contributed by atoms with van der Waals surface area (Å²) in [6, 6.07) is 9.27. The van der Waals surface area contributed by atoms with E-state index in [-0.39, 0.29) is 26.2 Å². The highest BCUT2D eigenvalue weighted by Gasteiger charge is 2.23. The Morgan fingerprint density at radius 2 is 1.79 bits per heavy atom. The second kappa shape index (κ2) is 8.08. The molecule has 152 valence electrons. The normalized spacial score (nSPS) is 11.3. The molecule has 0 fully saturated rings. The fraction of sp³-hybridized carbons (Fsp3) is 0.158. The molecule has 29 heavy (non-hydrogen) atoms. The first-order valence-corrected chi connectivity index (χ1v) is 8.91. The molecule has 10 heteroatoms. The van der Waals surface area contributed by atoms with Gasteiger partial charge >= 0.3 is 12.6 Å². The van der Waals surface area contributed by atoms with E-state index in [0.717, 1.165) is 28.4 Å². The van der Waals surface area contributed by atoms with E-state index in [1.807, 2.05) is 0 Å². The van der Waals surface area contributed by atoms with E-state index < -0.39 is 36.2 Å². The number of nitrogens with zero attached hydrogens (tertiary/aromatic N) is 1. The highest BCUT2D eigenvalue weighted by molar-refractivity contribution is 7.20. The third-order valence-corrected chi connectivity index (χ3v) is 5.20. The van der Waals surface area contributed by atoms with E-state index >= 15 is 0 Å². The molecule has 1 heterocycles. The Hall–Kier alpha value is -3.14. The maximum absolute atomic E-state index is 13.2. The van der Waals surface area contributed by atoms with Crippen LogP contribution in [0.3, 0.4) is 0 Å². The number of para-hydroxylation sites is 1. The van der Waals surface area contributed by atoms with E-state index in [9.17, 15) is 32.3 Å². The number of aromatic carboxylic acids is 1. The molecule has 0 radical (unpaired) electrons. The first-order chi connectivity index (χ1) is 13.7. The predicted molar refractivity (Wildman–Crippen MR) is 99.5 cm³/mol. The topological polar surface area (TPSA) is 66.8 Å². The fourth-order valence-electron chi connectivity index (χ4n) is 2.78. The summed E-state index contributed by atoms with van der Waals surface area (Å²) in [5.41, 5.74) is -0.641. The quantitative estimate of drug-likeness (QED) is 0.534. The van der Waals surface area contributed by atoms with Gasteiger partial charge in [0.05, 0.1) is 21.7 Å². The van der Waals surface area contributed by atoms with Gasteiger partial charge in [0.25, 0.3) is 12.3 Å². The number of carboxylic acid groups (broad SMARTS) is 1. The fourth-order valence-corrected chi connectivity index (χ4v) is 3.85. The number of fused-ring (bicyclic) bond motifs is 1. The van der Waals surface area contributed by atoms with Crippen LogP contribution in [0.4, 0.5) is 23.2 Å². The summed E-state index contributed by atoms with van der Waals surface area (Å²) in [7, 11) is 1.38. The molecule has 0 saturated carbocycles. The summed E-state index contributed by atoms with van der Waals surface area (Å²) in [5, 5.41) is 9.56. The van der Waals surface area contributed by atoms with Crippen molar-refractivity contribution in [2.24, 2.45) is 0 Å². The van der Waals surface area contributed by atoms with Crippen LogP contribution in [0.2, 0.25) is 0 Å². The molecule has 5 nitrogen and oxygen atoms in total. The van der Waals surface area contributed by atoms with Crippen molar-refractivity contribution >= 4 is 39.0 Å². The summed E-state index contributed by atoms with van der Waals surface area (Å²) in [4.78, 5) is 25.4. The van der Waals surface area contributed by atoms with Crippen molar-refractivity contribution in [1.29, 1.82) is 0 Å². The lowest BCUT2D eigenvalue weighted by Crippen LogP contribution is -2.27. The van der Waals surface area contributed by atoms with Crippen LogP contribution >= 0.6 is 11.3 Å². The number of amides is 1. The number of carbonyl (C=O) groups excluding carboxylic acids is 1. The lowest BCUT2D eigenvalue weighted by atomic mass is 10.1.